The van der Waals surface area contributed by atoms with Crippen molar-refractivity contribution in [3.63, 3.8) is 0 Å². The van der Waals surface area contributed by atoms with Crippen molar-refractivity contribution in [3.8, 4) is 0 Å². The minimum Gasteiger partial charge on any atom is -0.378 e. The number of hydrogen-bond donors (Lipinski definition) is 1. The summed E-state index contributed by atoms with van der Waals surface area (Å²) in [6, 6.07) is 9.57. The lowest BCUT2D eigenvalue weighted by Gasteiger charge is -2.25. The third-order valence-corrected chi connectivity index (χ3v) is 3.40. The largest absolute Gasteiger partial charge is 0.378 e. The fraction of sp³-hybridized carbons (Fsp3) is 0.154. The SMILES string of the molecule is C=CCC(O)(c1ccccc1)c1nccs1. The molecule has 0 fully saturated rings. The van der Waals surface area contributed by atoms with Crippen LogP contribution in [0.15, 0.2) is 54.6 Å². The zero-order valence-corrected chi connectivity index (χ0v) is 9.65. The molecule has 0 spiro atoms. The Hall–Kier alpha value is -1.45. The van der Waals surface area contributed by atoms with Crippen LogP contribution in [-0.2, 0) is 5.60 Å². The Morgan fingerprint density at radius 3 is 2.69 bits per heavy atom. The predicted octanol–water partition coefficient (Wildman–Crippen LogP) is 2.96. The van der Waals surface area contributed by atoms with E-state index >= 15 is 0 Å². The van der Waals surface area contributed by atoms with E-state index in [4.69, 9.17) is 0 Å². The summed E-state index contributed by atoms with van der Waals surface area (Å²) in [6.45, 7) is 3.70. The van der Waals surface area contributed by atoms with Gasteiger partial charge >= 0.3 is 0 Å². The summed E-state index contributed by atoms with van der Waals surface area (Å²) in [6.07, 6.45) is 3.88. The summed E-state index contributed by atoms with van der Waals surface area (Å²) in [5.41, 5.74) is -0.193. The molecule has 1 N–H and O–H groups in total. The summed E-state index contributed by atoms with van der Waals surface area (Å²) in [4.78, 5) is 4.20. The molecule has 16 heavy (non-hydrogen) atoms. The monoisotopic (exact) mass is 231 g/mol. The van der Waals surface area contributed by atoms with Gasteiger partial charge in [0.1, 0.15) is 10.6 Å². The fourth-order valence-electron chi connectivity index (χ4n) is 1.68. The van der Waals surface area contributed by atoms with Crippen LogP contribution in [0.1, 0.15) is 17.0 Å². The molecule has 0 saturated heterocycles. The molecule has 2 rings (SSSR count). The second-order valence-corrected chi connectivity index (χ2v) is 4.45. The van der Waals surface area contributed by atoms with Gasteiger partial charge in [-0.25, -0.2) is 4.98 Å². The van der Waals surface area contributed by atoms with Crippen molar-refractivity contribution < 1.29 is 5.11 Å². The molecule has 1 aromatic heterocycles. The van der Waals surface area contributed by atoms with E-state index in [9.17, 15) is 5.11 Å². The van der Waals surface area contributed by atoms with Crippen LogP contribution in [0, 0.1) is 0 Å². The van der Waals surface area contributed by atoms with Crippen LogP contribution in [0.4, 0.5) is 0 Å². The van der Waals surface area contributed by atoms with Crippen molar-refractivity contribution in [2.24, 2.45) is 0 Å². The van der Waals surface area contributed by atoms with Gasteiger partial charge < -0.3 is 5.11 Å². The Balaban J connectivity index is 2.48. The van der Waals surface area contributed by atoms with E-state index in [-0.39, 0.29) is 0 Å². The van der Waals surface area contributed by atoms with Crippen molar-refractivity contribution in [2.45, 2.75) is 12.0 Å². The zero-order chi connectivity index (χ0) is 11.4. The Bertz CT molecular complexity index is 452. The van der Waals surface area contributed by atoms with E-state index in [1.165, 1.54) is 11.3 Å². The highest BCUT2D eigenvalue weighted by Gasteiger charge is 2.32. The van der Waals surface area contributed by atoms with E-state index in [2.05, 4.69) is 11.6 Å². The normalized spacial score (nSPS) is 14.3. The Kier molecular flexibility index (Phi) is 3.17. The van der Waals surface area contributed by atoms with Gasteiger partial charge in [0, 0.05) is 18.0 Å². The molecule has 0 bridgehead atoms. The molecule has 0 aliphatic carbocycles. The van der Waals surface area contributed by atoms with Crippen LogP contribution in [0.5, 0.6) is 0 Å². The lowest BCUT2D eigenvalue weighted by atomic mass is 9.91. The van der Waals surface area contributed by atoms with Crippen molar-refractivity contribution >= 4 is 11.3 Å². The van der Waals surface area contributed by atoms with Gasteiger partial charge in [0.25, 0.3) is 0 Å². The first-order chi connectivity index (χ1) is 7.77. The molecule has 0 radical (unpaired) electrons. The highest BCUT2D eigenvalue weighted by molar-refractivity contribution is 7.09. The second kappa shape index (κ2) is 4.60. The predicted molar refractivity (Wildman–Crippen MR) is 66.4 cm³/mol. The minimum absolute atomic E-state index is 0.463. The number of hydrogen-bond acceptors (Lipinski definition) is 3. The molecular formula is C13H13NOS. The van der Waals surface area contributed by atoms with Gasteiger partial charge in [0.05, 0.1) is 0 Å². The fourth-order valence-corrected chi connectivity index (χ4v) is 2.45. The van der Waals surface area contributed by atoms with Crippen LogP contribution in [0.3, 0.4) is 0 Å². The van der Waals surface area contributed by atoms with Crippen LogP contribution in [0.2, 0.25) is 0 Å². The third kappa shape index (κ3) is 1.92. The molecule has 3 heteroatoms. The summed E-state index contributed by atoms with van der Waals surface area (Å²) >= 11 is 1.46. The Labute approximate surface area is 98.9 Å². The van der Waals surface area contributed by atoms with E-state index < -0.39 is 5.60 Å². The van der Waals surface area contributed by atoms with Gasteiger partial charge in [-0.2, -0.15) is 0 Å². The zero-order valence-electron chi connectivity index (χ0n) is 8.84. The molecule has 82 valence electrons. The van der Waals surface area contributed by atoms with Gasteiger partial charge in [-0.3, -0.25) is 0 Å². The van der Waals surface area contributed by atoms with Crippen molar-refractivity contribution in [3.05, 3.63) is 65.1 Å². The topological polar surface area (TPSA) is 33.1 Å². The van der Waals surface area contributed by atoms with Gasteiger partial charge in [0.2, 0.25) is 0 Å². The summed E-state index contributed by atoms with van der Waals surface area (Å²) in [7, 11) is 0. The van der Waals surface area contributed by atoms with Crippen LogP contribution in [0.25, 0.3) is 0 Å². The van der Waals surface area contributed by atoms with Crippen LogP contribution in [-0.4, -0.2) is 10.1 Å². The van der Waals surface area contributed by atoms with Gasteiger partial charge in [0.15, 0.2) is 0 Å². The van der Waals surface area contributed by atoms with Crippen molar-refractivity contribution in [2.75, 3.05) is 0 Å². The molecule has 1 heterocycles. The van der Waals surface area contributed by atoms with E-state index in [0.717, 1.165) is 5.56 Å². The van der Waals surface area contributed by atoms with Crippen molar-refractivity contribution in [1.82, 2.24) is 4.98 Å². The first kappa shape index (κ1) is 11.0. The van der Waals surface area contributed by atoms with E-state index in [1.54, 1.807) is 12.3 Å². The lowest BCUT2D eigenvalue weighted by molar-refractivity contribution is 0.0839. The molecule has 0 saturated carbocycles. The molecule has 1 unspecified atom stereocenters. The second-order valence-electron chi connectivity index (χ2n) is 3.56. The highest BCUT2D eigenvalue weighted by Crippen LogP contribution is 2.34. The standard InChI is InChI=1S/C13H13NOS/c1-2-8-13(15,12-14-9-10-16-12)11-6-4-3-5-7-11/h2-7,9-10,15H,1,8H2. The lowest BCUT2D eigenvalue weighted by Crippen LogP contribution is -2.26. The molecule has 2 aromatic rings. The molecule has 0 aliphatic rings. The first-order valence-corrected chi connectivity index (χ1v) is 5.94. The molecule has 1 atom stereocenters. The number of rotatable bonds is 4. The molecule has 0 amide bonds. The third-order valence-electron chi connectivity index (χ3n) is 2.48. The Morgan fingerprint density at radius 2 is 2.12 bits per heavy atom. The number of benzene rings is 1. The maximum Gasteiger partial charge on any atom is 0.144 e. The quantitative estimate of drug-likeness (QED) is 0.821. The molecule has 0 aliphatic heterocycles. The number of nitrogens with zero attached hydrogens (tertiary/aromatic N) is 1. The first-order valence-electron chi connectivity index (χ1n) is 5.06. The van der Waals surface area contributed by atoms with Gasteiger partial charge in [-0.05, 0) is 5.56 Å². The van der Waals surface area contributed by atoms with Crippen molar-refractivity contribution in [1.29, 1.82) is 0 Å². The maximum atomic E-state index is 10.7. The molecule has 1 aromatic carbocycles. The molecular weight excluding hydrogens is 218 g/mol. The average Bonchev–Trinajstić information content (AvgIpc) is 2.84. The smallest absolute Gasteiger partial charge is 0.144 e. The summed E-state index contributed by atoms with van der Waals surface area (Å²) in [5.74, 6) is 0. The van der Waals surface area contributed by atoms with Gasteiger partial charge in [-0.15, -0.1) is 17.9 Å². The van der Waals surface area contributed by atoms with E-state index in [0.29, 0.717) is 11.4 Å². The summed E-state index contributed by atoms with van der Waals surface area (Å²) in [5, 5.41) is 13.3. The number of thiazole rings is 1. The minimum atomic E-state index is -1.04. The average molecular weight is 231 g/mol. The van der Waals surface area contributed by atoms with Crippen LogP contribution >= 0.6 is 11.3 Å². The van der Waals surface area contributed by atoms with Gasteiger partial charge in [-0.1, -0.05) is 36.4 Å². The number of aromatic nitrogens is 1. The summed E-state index contributed by atoms with van der Waals surface area (Å²) < 4.78 is 0. The molecule has 2 nitrogen and oxygen atoms in total. The number of aliphatic hydroxyl groups is 1. The maximum absolute atomic E-state index is 10.7. The van der Waals surface area contributed by atoms with Crippen LogP contribution < -0.4 is 0 Å². The Morgan fingerprint density at radius 1 is 1.38 bits per heavy atom. The highest BCUT2D eigenvalue weighted by atomic mass is 32.1. The van der Waals surface area contributed by atoms with E-state index in [1.807, 2.05) is 35.7 Å².